The zero-order chi connectivity index (χ0) is 14.7. The number of carbonyl (C=O) groups excluding carboxylic acids is 1. The van der Waals surface area contributed by atoms with Gasteiger partial charge in [-0.05, 0) is 17.5 Å². The van der Waals surface area contributed by atoms with Crippen molar-refractivity contribution in [1.29, 1.82) is 0 Å². The molecule has 1 amide bonds. The molecule has 0 radical (unpaired) electrons. The van der Waals surface area contributed by atoms with E-state index < -0.39 is 0 Å². The van der Waals surface area contributed by atoms with Crippen molar-refractivity contribution in [3.63, 3.8) is 0 Å². The lowest BCUT2D eigenvalue weighted by Crippen LogP contribution is -2.28. The maximum absolute atomic E-state index is 12.1. The van der Waals surface area contributed by atoms with Crippen LogP contribution >= 0.6 is 11.3 Å². The maximum atomic E-state index is 12.1. The molecule has 3 aromatic rings. The predicted octanol–water partition coefficient (Wildman–Crippen LogP) is 1.96. The van der Waals surface area contributed by atoms with Gasteiger partial charge in [-0.15, -0.1) is 11.3 Å². The third-order valence-electron chi connectivity index (χ3n) is 3.15. The van der Waals surface area contributed by atoms with E-state index in [1.54, 1.807) is 23.7 Å². The molecule has 21 heavy (non-hydrogen) atoms. The van der Waals surface area contributed by atoms with Crippen LogP contribution < -0.4 is 10.9 Å². The number of rotatable bonds is 4. The standard InChI is InChI=1S/C15H13N3O2S/c19-14-12-4-2-1-3-10(12)7-13(18-14)15(20)16-6-5-11-8-21-9-17-11/h1-4,7-9H,5-6H2,(H,16,20)(H,18,19). The molecule has 0 aliphatic heterocycles. The summed E-state index contributed by atoms with van der Waals surface area (Å²) in [6, 6.07) is 8.88. The van der Waals surface area contributed by atoms with Crippen LogP contribution in [0.5, 0.6) is 0 Å². The number of thiazole rings is 1. The Morgan fingerprint density at radius 2 is 2.19 bits per heavy atom. The molecule has 1 aromatic carbocycles. The zero-order valence-corrected chi connectivity index (χ0v) is 11.9. The van der Waals surface area contributed by atoms with Crippen molar-refractivity contribution in [2.45, 2.75) is 6.42 Å². The second kappa shape index (κ2) is 5.88. The summed E-state index contributed by atoms with van der Waals surface area (Å²) in [7, 11) is 0. The number of nitrogens with zero attached hydrogens (tertiary/aromatic N) is 1. The minimum absolute atomic E-state index is 0.252. The summed E-state index contributed by atoms with van der Waals surface area (Å²) in [5.74, 6) is -0.284. The van der Waals surface area contributed by atoms with Crippen LogP contribution in [-0.2, 0) is 6.42 Å². The molecule has 0 saturated carbocycles. The maximum Gasteiger partial charge on any atom is 0.267 e. The molecule has 5 nitrogen and oxygen atoms in total. The monoisotopic (exact) mass is 299 g/mol. The first-order valence-corrected chi connectivity index (χ1v) is 7.45. The van der Waals surface area contributed by atoms with Gasteiger partial charge in [0.25, 0.3) is 11.5 Å². The summed E-state index contributed by atoms with van der Waals surface area (Å²) in [5.41, 5.74) is 2.74. The van der Waals surface area contributed by atoms with Crippen LogP contribution in [0.3, 0.4) is 0 Å². The number of nitrogens with one attached hydrogen (secondary N) is 2. The molecule has 0 fully saturated rings. The van der Waals surface area contributed by atoms with Crippen LogP contribution in [0.15, 0.2) is 46.0 Å². The first-order valence-electron chi connectivity index (χ1n) is 6.51. The molecule has 0 spiro atoms. The van der Waals surface area contributed by atoms with E-state index in [0.29, 0.717) is 18.4 Å². The molecule has 0 aliphatic rings. The van der Waals surface area contributed by atoms with Crippen molar-refractivity contribution in [3.05, 3.63) is 63.0 Å². The summed E-state index contributed by atoms with van der Waals surface area (Å²) >= 11 is 1.53. The molecule has 0 bridgehead atoms. The van der Waals surface area contributed by atoms with Crippen LogP contribution in [0, 0.1) is 0 Å². The summed E-state index contributed by atoms with van der Waals surface area (Å²) < 4.78 is 0. The number of amides is 1. The number of carbonyl (C=O) groups is 1. The Morgan fingerprint density at radius 3 is 3.00 bits per heavy atom. The Morgan fingerprint density at radius 1 is 1.33 bits per heavy atom. The summed E-state index contributed by atoms with van der Waals surface area (Å²) in [4.78, 5) is 30.8. The van der Waals surface area contributed by atoms with E-state index in [9.17, 15) is 9.59 Å². The smallest absolute Gasteiger partial charge is 0.267 e. The molecule has 2 aromatic heterocycles. The molecule has 0 atom stereocenters. The van der Waals surface area contributed by atoms with E-state index in [-0.39, 0.29) is 17.2 Å². The second-order valence-electron chi connectivity index (χ2n) is 4.59. The van der Waals surface area contributed by atoms with Gasteiger partial charge in [-0.2, -0.15) is 0 Å². The average Bonchev–Trinajstić information content (AvgIpc) is 3.00. The highest BCUT2D eigenvalue weighted by Gasteiger charge is 2.09. The van der Waals surface area contributed by atoms with Crippen molar-refractivity contribution in [3.8, 4) is 0 Å². The van der Waals surface area contributed by atoms with Gasteiger partial charge in [-0.25, -0.2) is 4.98 Å². The number of aromatic nitrogens is 2. The molecule has 106 valence electrons. The fraction of sp³-hybridized carbons (Fsp3) is 0.133. The van der Waals surface area contributed by atoms with Gasteiger partial charge in [0.05, 0.1) is 11.2 Å². The van der Waals surface area contributed by atoms with Gasteiger partial charge in [0.15, 0.2) is 0 Å². The number of fused-ring (bicyclic) bond motifs is 1. The first-order chi connectivity index (χ1) is 10.2. The van der Waals surface area contributed by atoms with Crippen LogP contribution in [0.4, 0.5) is 0 Å². The van der Waals surface area contributed by atoms with Crippen LogP contribution in [0.1, 0.15) is 16.2 Å². The van der Waals surface area contributed by atoms with Crippen molar-refractivity contribution in [1.82, 2.24) is 15.3 Å². The number of H-pyrrole nitrogens is 1. The van der Waals surface area contributed by atoms with Gasteiger partial charge < -0.3 is 10.3 Å². The molecule has 6 heteroatoms. The van der Waals surface area contributed by atoms with Gasteiger partial charge in [0.1, 0.15) is 5.69 Å². The molecule has 0 saturated heterocycles. The normalized spacial score (nSPS) is 10.7. The Hall–Kier alpha value is -2.47. The molecule has 2 heterocycles. The molecular weight excluding hydrogens is 286 g/mol. The van der Waals surface area contributed by atoms with Gasteiger partial charge in [0.2, 0.25) is 0 Å². The topological polar surface area (TPSA) is 74.8 Å². The van der Waals surface area contributed by atoms with Gasteiger partial charge in [-0.3, -0.25) is 9.59 Å². The van der Waals surface area contributed by atoms with E-state index in [1.165, 1.54) is 11.3 Å². The first kappa shape index (κ1) is 13.5. The number of benzene rings is 1. The lowest BCUT2D eigenvalue weighted by Gasteiger charge is -2.05. The Balaban J connectivity index is 1.74. The predicted molar refractivity (Wildman–Crippen MR) is 82.7 cm³/mol. The molecule has 3 rings (SSSR count). The van der Waals surface area contributed by atoms with Crippen molar-refractivity contribution in [2.24, 2.45) is 0 Å². The highest BCUT2D eigenvalue weighted by molar-refractivity contribution is 7.07. The SMILES string of the molecule is O=C(NCCc1cscn1)c1cc2ccccc2c(=O)[nH]1. The average molecular weight is 299 g/mol. The fourth-order valence-electron chi connectivity index (χ4n) is 2.09. The van der Waals surface area contributed by atoms with Crippen molar-refractivity contribution < 1.29 is 4.79 Å². The third kappa shape index (κ3) is 3.00. The van der Waals surface area contributed by atoms with E-state index >= 15 is 0 Å². The quantitative estimate of drug-likeness (QED) is 0.773. The molecule has 2 N–H and O–H groups in total. The van der Waals surface area contributed by atoms with Gasteiger partial charge >= 0.3 is 0 Å². The van der Waals surface area contributed by atoms with E-state index in [4.69, 9.17) is 0 Å². The largest absolute Gasteiger partial charge is 0.350 e. The molecule has 0 aliphatic carbocycles. The Labute approximate surface area is 124 Å². The van der Waals surface area contributed by atoms with Gasteiger partial charge in [0, 0.05) is 23.7 Å². The second-order valence-corrected chi connectivity index (χ2v) is 5.30. The van der Waals surface area contributed by atoms with E-state index in [0.717, 1.165) is 11.1 Å². The zero-order valence-electron chi connectivity index (χ0n) is 11.1. The lowest BCUT2D eigenvalue weighted by molar-refractivity contribution is 0.0949. The van der Waals surface area contributed by atoms with Gasteiger partial charge in [-0.1, -0.05) is 18.2 Å². The fourth-order valence-corrected chi connectivity index (χ4v) is 2.69. The highest BCUT2D eigenvalue weighted by Crippen LogP contribution is 2.09. The van der Waals surface area contributed by atoms with E-state index in [2.05, 4.69) is 15.3 Å². The number of pyridine rings is 1. The van der Waals surface area contributed by atoms with E-state index in [1.807, 2.05) is 17.5 Å². The Kier molecular flexibility index (Phi) is 3.79. The summed E-state index contributed by atoms with van der Waals surface area (Å²) in [6.45, 7) is 0.484. The van der Waals surface area contributed by atoms with Crippen LogP contribution in [0.2, 0.25) is 0 Å². The summed E-state index contributed by atoms with van der Waals surface area (Å²) in [6.07, 6.45) is 0.674. The number of hydrogen-bond donors (Lipinski definition) is 2. The minimum Gasteiger partial charge on any atom is -0.350 e. The number of aromatic amines is 1. The Bertz CT molecular complexity index is 824. The molecule has 0 unspecified atom stereocenters. The van der Waals surface area contributed by atoms with Crippen LogP contribution in [0.25, 0.3) is 10.8 Å². The highest BCUT2D eigenvalue weighted by atomic mass is 32.1. The van der Waals surface area contributed by atoms with Crippen molar-refractivity contribution in [2.75, 3.05) is 6.54 Å². The van der Waals surface area contributed by atoms with Crippen LogP contribution in [-0.4, -0.2) is 22.4 Å². The minimum atomic E-state index is -0.284. The van der Waals surface area contributed by atoms with Crippen molar-refractivity contribution >= 4 is 28.0 Å². The third-order valence-corrected chi connectivity index (χ3v) is 3.78. The summed E-state index contributed by atoms with van der Waals surface area (Å²) in [5, 5.41) is 6.07. The lowest BCUT2D eigenvalue weighted by atomic mass is 10.1. The number of hydrogen-bond acceptors (Lipinski definition) is 4. The molecular formula is C15H13N3O2S.